The topological polar surface area (TPSA) is 59.5 Å². The molecule has 1 aliphatic carbocycles. The maximum absolute atomic E-state index is 14.3. The number of hydrogen-bond acceptors (Lipinski definition) is 5. The van der Waals surface area contributed by atoms with Gasteiger partial charge in [0.15, 0.2) is 11.6 Å². The van der Waals surface area contributed by atoms with E-state index in [0.717, 1.165) is 18.9 Å². The van der Waals surface area contributed by atoms with Gasteiger partial charge in [-0.2, -0.15) is 0 Å². The molecule has 1 spiro atoms. The molecule has 3 rings (SSSR count). The molecule has 0 radical (unpaired) electrons. The van der Waals surface area contributed by atoms with Crippen molar-refractivity contribution < 1.29 is 18.7 Å². The van der Waals surface area contributed by atoms with Crippen molar-refractivity contribution in [2.75, 3.05) is 25.1 Å². The largest absolute Gasteiger partial charge is 0.465 e. The minimum absolute atomic E-state index is 0.0711. The number of pyridine rings is 1. The van der Waals surface area contributed by atoms with Crippen LogP contribution in [0.25, 0.3) is 0 Å². The van der Waals surface area contributed by atoms with Crippen molar-refractivity contribution >= 4 is 33.5 Å². The van der Waals surface area contributed by atoms with Gasteiger partial charge in [0.25, 0.3) is 0 Å². The summed E-state index contributed by atoms with van der Waals surface area (Å²) in [6.07, 6.45) is 3.05. The number of halogens is 2. The Balaban J connectivity index is 1.77. The molecule has 1 saturated carbocycles. The number of esters is 1. The highest BCUT2D eigenvalue weighted by Crippen LogP contribution is 2.47. The summed E-state index contributed by atoms with van der Waals surface area (Å²) in [5.41, 5.74) is 0.203. The second-order valence-corrected chi connectivity index (χ2v) is 6.75. The van der Waals surface area contributed by atoms with Crippen LogP contribution in [0.2, 0.25) is 0 Å². The Morgan fingerprint density at radius 3 is 2.59 bits per heavy atom. The number of piperidine rings is 1. The molecule has 0 N–H and O–H groups in total. The molecule has 0 amide bonds. The number of hydrogen-bond donors (Lipinski definition) is 0. The molecule has 5 nitrogen and oxygen atoms in total. The molecule has 118 valence electrons. The normalized spacial score (nSPS) is 20.0. The van der Waals surface area contributed by atoms with Gasteiger partial charge in [-0.15, -0.1) is 0 Å². The number of Topliss-reactive ketones (excluding diaryl/α,β-unsaturated/α-hetero) is 1. The lowest BCUT2D eigenvalue weighted by Gasteiger charge is -2.47. The molecular formula is C15H16BrFN2O3. The molecule has 2 aliphatic rings. The van der Waals surface area contributed by atoms with E-state index in [2.05, 4.69) is 25.7 Å². The molecule has 0 atom stereocenters. The Bertz CT molecular complexity index is 632. The average molecular weight is 371 g/mol. The number of methoxy groups -OCH3 is 1. The smallest absolute Gasteiger partial charge is 0.340 e. The maximum atomic E-state index is 14.3. The fraction of sp³-hybridized carbons (Fsp3) is 0.533. The predicted octanol–water partition coefficient (Wildman–Crippen LogP) is 2.72. The van der Waals surface area contributed by atoms with Crippen molar-refractivity contribution in [3.8, 4) is 0 Å². The van der Waals surface area contributed by atoms with Crippen molar-refractivity contribution in [2.45, 2.75) is 25.7 Å². The Hall–Kier alpha value is -1.50. The third-order valence-electron chi connectivity index (χ3n) is 4.58. The number of carbonyl (C=O) groups excluding carboxylic acids is 2. The van der Waals surface area contributed by atoms with Gasteiger partial charge in [0.1, 0.15) is 10.4 Å². The summed E-state index contributed by atoms with van der Waals surface area (Å²) >= 11 is 3.19. The Morgan fingerprint density at radius 1 is 1.41 bits per heavy atom. The fourth-order valence-electron chi connectivity index (χ4n) is 3.26. The van der Waals surface area contributed by atoms with Gasteiger partial charge < -0.3 is 9.64 Å². The lowest BCUT2D eigenvalue weighted by Crippen LogP contribution is -2.47. The predicted molar refractivity (Wildman–Crippen MR) is 81.4 cm³/mol. The summed E-state index contributed by atoms with van der Waals surface area (Å²) in [6, 6.07) is 1.15. The van der Waals surface area contributed by atoms with Crippen LogP contribution in [-0.2, 0) is 9.53 Å². The second kappa shape index (κ2) is 5.61. The Morgan fingerprint density at radius 2 is 2.05 bits per heavy atom. The summed E-state index contributed by atoms with van der Waals surface area (Å²) in [4.78, 5) is 28.8. The van der Waals surface area contributed by atoms with Gasteiger partial charge in [0.2, 0.25) is 0 Å². The number of ether oxygens (including phenoxy) is 1. The molecule has 0 aromatic carbocycles. The van der Waals surface area contributed by atoms with Crippen LogP contribution in [0.5, 0.6) is 0 Å². The van der Waals surface area contributed by atoms with Gasteiger partial charge >= 0.3 is 5.97 Å². The minimum Gasteiger partial charge on any atom is -0.465 e. The SMILES string of the molecule is COC(=O)c1cc(F)c(N2CCC3(CC2)CC(=O)C3)nc1Br. The van der Waals surface area contributed by atoms with Crippen molar-refractivity contribution in [3.63, 3.8) is 0 Å². The summed E-state index contributed by atoms with van der Waals surface area (Å²) in [7, 11) is 1.24. The summed E-state index contributed by atoms with van der Waals surface area (Å²) in [6.45, 7) is 1.34. The zero-order chi connectivity index (χ0) is 15.9. The number of carbonyl (C=O) groups is 2. The first-order valence-corrected chi connectivity index (χ1v) is 7.94. The Kier molecular flexibility index (Phi) is 3.92. The van der Waals surface area contributed by atoms with Crippen LogP contribution in [0.15, 0.2) is 10.7 Å². The highest BCUT2D eigenvalue weighted by molar-refractivity contribution is 9.10. The van der Waals surface area contributed by atoms with Crippen LogP contribution in [-0.4, -0.2) is 36.9 Å². The first-order valence-electron chi connectivity index (χ1n) is 7.15. The molecule has 1 aromatic rings. The maximum Gasteiger partial charge on any atom is 0.340 e. The lowest BCUT2D eigenvalue weighted by molar-refractivity contribution is -0.133. The van der Waals surface area contributed by atoms with Crippen molar-refractivity contribution in [2.24, 2.45) is 5.41 Å². The van der Waals surface area contributed by atoms with E-state index in [0.29, 0.717) is 31.7 Å². The molecule has 22 heavy (non-hydrogen) atoms. The van der Waals surface area contributed by atoms with E-state index in [-0.39, 0.29) is 21.4 Å². The summed E-state index contributed by atoms with van der Waals surface area (Å²) in [5, 5.41) is 0. The Labute approximate surface area is 136 Å². The second-order valence-electron chi connectivity index (χ2n) is 6.00. The molecule has 7 heteroatoms. The molecule has 1 aliphatic heterocycles. The van der Waals surface area contributed by atoms with Crippen molar-refractivity contribution in [1.29, 1.82) is 0 Å². The molecule has 1 saturated heterocycles. The first-order chi connectivity index (χ1) is 10.4. The molecule has 1 aromatic heterocycles. The first kappa shape index (κ1) is 15.4. The molecular weight excluding hydrogens is 355 g/mol. The number of anilines is 1. The average Bonchev–Trinajstić information content (AvgIpc) is 2.48. The van der Waals surface area contributed by atoms with Crippen LogP contribution >= 0.6 is 15.9 Å². The lowest BCUT2D eigenvalue weighted by atomic mass is 9.62. The molecule has 0 bridgehead atoms. The third-order valence-corrected chi connectivity index (χ3v) is 5.19. The van der Waals surface area contributed by atoms with Gasteiger partial charge in [0, 0.05) is 25.9 Å². The zero-order valence-corrected chi connectivity index (χ0v) is 13.8. The van der Waals surface area contributed by atoms with E-state index in [1.165, 1.54) is 7.11 Å². The quantitative estimate of drug-likeness (QED) is 0.591. The summed E-state index contributed by atoms with van der Waals surface area (Å²) < 4.78 is 19.1. The van der Waals surface area contributed by atoms with Gasteiger partial charge in [-0.25, -0.2) is 14.2 Å². The fourth-order valence-corrected chi connectivity index (χ4v) is 3.71. The van der Waals surface area contributed by atoms with E-state index in [4.69, 9.17) is 0 Å². The van der Waals surface area contributed by atoms with E-state index in [1.54, 1.807) is 0 Å². The van der Waals surface area contributed by atoms with Crippen LogP contribution < -0.4 is 4.90 Å². The third kappa shape index (κ3) is 2.62. The highest BCUT2D eigenvalue weighted by atomic mass is 79.9. The van der Waals surface area contributed by atoms with Gasteiger partial charge in [-0.3, -0.25) is 4.79 Å². The molecule has 2 heterocycles. The van der Waals surface area contributed by atoms with Gasteiger partial charge in [-0.1, -0.05) is 0 Å². The van der Waals surface area contributed by atoms with E-state index in [1.807, 2.05) is 4.90 Å². The molecule has 2 fully saturated rings. The number of aromatic nitrogens is 1. The zero-order valence-electron chi connectivity index (χ0n) is 12.2. The van der Waals surface area contributed by atoms with Crippen molar-refractivity contribution in [1.82, 2.24) is 4.98 Å². The van der Waals surface area contributed by atoms with Gasteiger partial charge in [0.05, 0.1) is 12.7 Å². The van der Waals surface area contributed by atoms with Crippen LogP contribution in [0.1, 0.15) is 36.0 Å². The number of ketones is 1. The monoisotopic (exact) mass is 370 g/mol. The number of nitrogens with zero attached hydrogens (tertiary/aromatic N) is 2. The minimum atomic E-state index is -0.629. The van der Waals surface area contributed by atoms with E-state index >= 15 is 0 Å². The van der Waals surface area contributed by atoms with Crippen LogP contribution in [0.4, 0.5) is 10.2 Å². The van der Waals surface area contributed by atoms with Crippen LogP contribution in [0, 0.1) is 11.2 Å². The van der Waals surface area contributed by atoms with Crippen LogP contribution in [0.3, 0.4) is 0 Å². The number of rotatable bonds is 2. The van der Waals surface area contributed by atoms with E-state index in [9.17, 15) is 14.0 Å². The summed E-state index contributed by atoms with van der Waals surface area (Å²) in [5.74, 6) is -0.609. The standard InChI is InChI=1S/C15H16BrFN2O3/c1-22-14(21)10-6-11(17)13(18-12(10)16)19-4-2-15(3-5-19)7-9(20)8-15/h6H,2-5,7-8H2,1H3. The highest BCUT2D eigenvalue weighted by Gasteiger charge is 2.45. The van der Waals surface area contributed by atoms with Crippen molar-refractivity contribution in [3.05, 3.63) is 22.1 Å². The van der Waals surface area contributed by atoms with Gasteiger partial charge in [-0.05, 0) is 40.3 Å². The molecule has 0 unspecified atom stereocenters. The van der Waals surface area contributed by atoms with E-state index < -0.39 is 11.8 Å².